The van der Waals surface area contributed by atoms with E-state index >= 15 is 0 Å². The zero-order chi connectivity index (χ0) is 18.7. The molecular weight excluding hydrogens is 328 g/mol. The Bertz CT molecular complexity index is 845. The number of anilines is 2. The van der Waals surface area contributed by atoms with Crippen molar-refractivity contribution in [3.8, 4) is 0 Å². The van der Waals surface area contributed by atoms with Gasteiger partial charge in [-0.15, -0.1) is 0 Å². The van der Waals surface area contributed by atoms with Gasteiger partial charge in [-0.25, -0.2) is 0 Å². The Morgan fingerprint density at radius 2 is 1.92 bits per heavy atom. The maximum absolute atomic E-state index is 12.5. The summed E-state index contributed by atoms with van der Waals surface area (Å²) in [5.41, 5.74) is 5.61. The minimum atomic E-state index is -0.129. The van der Waals surface area contributed by atoms with Crippen LogP contribution in [0.5, 0.6) is 0 Å². The first kappa shape index (κ1) is 18.1. The van der Waals surface area contributed by atoms with Crippen molar-refractivity contribution in [3.63, 3.8) is 0 Å². The topological polar surface area (TPSA) is 58.6 Å². The number of aryl methyl sites for hydroxylation is 3. The van der Waals surface area contributed by atoms with Gasteiger partial charge in [-0.1, -0.05) is 6.07 Å². The van der Waals surface area contributed by atoms with Crippen LogP contribution in [-0.4, -0.2) is 32.1 Å². The van der Waals surface area contributed by atoms with E-state index < -0.39 is 0 Å². The summed E-state index contributed by atoms with van der Waals surface area (Å²) in [6.45, 7) is 5.06. The predicted molar refractivity (Wildman–Crippen MR) is 103 cm³/mol. The maximum Gasteiger partial charge on any atom is 0.255 e. The average molecular weight is 352 g/mol. The smallest absolute Gasteiger partial charge is 0.255 e. The second-order valence-electron chi connectivity index (χ2n) is 6.63. The minimum absolute atomic E-state index is 0.112. The number of nitrogens with one attached hydrogen (secondary N) is 1. The van der Waals surface area contributed by atoms with Crippen LogP contribution in [0.3, 0.4) is 0 Å². The summed E-state index contributed by atoms with van der Waals surface area (Å²) in [6.07, 6.45) is 1.16. The molecule has 0 unspecified atom stereocenters. The van der Waals surface area contributed by atoms with E-state index in [1.807, 2.05) is 50.2 Å². The molecule has 0 radical (unpaired) electrons. The van der Waals surface area contributed by atoms with Crippen molar-refractivity contribution >= 4 is 23.2 Å². The van der Waals surface area contributed by atoms with E-state index in [0.29, 0.717) is 31.6 Å². The van der Waals surface area contributed by atoms with Crippen LogP contribution in [0.25, 0.3) is 0 Å². The van der Waals surface area contributed by atoms with Crippen LogP contribution in [-0.2, 0) is 16.0 Å². The van der Waals surface area contributed by atoms with Crippen molar-refractivity contribution in [3.05, 3.63) is 58.7 Å². The van der Waals surface area contributed by atoms with Gasteiger partial charge in [0.2, 0.25) is 5.91 Å². The number of fused-ring (bicyclic) bond motifs is 1. The molecule has 0 spiro atoms. The Hall–Kier alpha value is -2.66. The zero-order valence-corrected chi connectivity index (χ0v) is 15.5. The third-order valence-electron chi connectivity index (χ3n) is 4.83. The van der Waals surface area contributed by atoms with E-state index in [9.17, 15) is 9.59 Å². The van der Waals surface area contributed by atoms with Crippen LogP contribution in [0.15, 0.2) is 36.4 Å². The highest BCUT2D eigenvalue weighted by molar-refractivity contribution is 6.05. The van der Waals surface area contributed by atoms with Crippen molar-refractivity contribution in [2.75, 3.05) is 30.5 Å². The number of nitrogens with zero attached hydrogens (tertiary/aromatic N) is 1. The van der Waals surface area contributed by atoms with Gasteiger partial charge in [0.15, 0.2) is 0 Å². The summed E-state index contributed by atoms with van der Waals surface area (Å²) in [6, 6.07) is 11.4. The number of carbonyl (C=O) groups excluding carboxylic acids is 2. The summed E-state index contributed by atoms with van der Waals surface area (Å²) in [7, 11) is 1.63. The number of methoxy groups -OCH3 is 1. The third-order valence-corrected chi connectivity index (χ3v) is 4.83. The SMILES string of the molecule is COCCN1C(=O)CCc2cc(NC(=O)c3ccc(C)c(C)c3)ccc21. The first-order chi connectivity index (χ1) is 12.5. The fourth-order valence-corrected chi connectivity index (χ4v) is 3.15. The normalized spacial score (nSPS) is 13.5. The van der Waals surface area contributed by atoms with E-state index in [2.05, 4.69) is 5.32 Å². The number of hydrogen-bond donors (Lipinski definition) is 1. The Morgan fingerprint density at radius 3 is 2.65 bits per heavy atom. The summed E-state index contributed by atoms with van der Waals surface area (Å²) in [5.74, 6) is -0.0161. The summed E-state index contributed by atoms with van der Waals surface area (Å²) in [5, 5.41) is 2.96. The zero-order valence-electron chi connectivity index (χ0n) is 15.5. The molecule has 1 aliphatic heterocycles. The Balaban J connectivity index is 1.79. The Labute approximate surface area is 154 Å². The molecular formula is C21H24N2O3. The molecule has 0 aromatic heterocycles. The molecule has 5 nitrogen and oxygen atoms in total. The molecule has 0 saturated heterocycles. The first-order valence-corrected chi connectivity index (χ1v) is 8.80. The molecule has 136 valence electrons. The maximum atomic E-state index is 12.5. The second kappa shape index (κ2) is 7.70. The highest BCUT2D eigenvalue weighted by atomic mass is 16.5. The molecule has 5 heteroatoms. The van der Waals surface area contributed by atoms with Gasteiger partial charge in [0.1, 0.15) is 0 Å². The van der Waals surface area contributed by atoms with Gasteiger partial charge in [0, 0.05) is 37.0 Å². The molecule has 1 aliphatic rings. The van der Waals surface area contributed by atoms with E-state index in [0.717, 1.165) is 28.1 Å². The van der Waals surface area contributed by atoms with Crippen molar-refractivity contribution in [2.45, 2.75) is 26.7 Å². The van der Waals surface area contributed by atoms with Gasteiger partial charge in [0.05, 0.1) is 6.61 Å². The first-order valence-electron chi connectivity index (χ1n) is 8.80. The van der Waals surface area contributed by atoms with E-state index in [1.165, 1.54) is 0 Å². The molecule has 1 heterocycles. The molecule has 0 saturated carbocycles. The number of benzene rings is 2. The number of carbonyl (C=O) groups is 2. The number of amides is 2. The van der Waals surface area contributed by atoms with Crippen molar-refractivity contribution in [2.24, 2.45) is 0 Å². The second-order valence-corrected chi connectivity index (χ2v) is 6.63. The predicted octanol–water partition coefficient (Wildman–Crippen LogP) is 3.48. The molecule has 0 atom stereocenters. The molecule has 2 aromatic carbocycles. The Morgan fingerprint density at radius 1 is 1.12 bits per heavy atom. The molecule has 2 aromatic rings. The van der Waals surface area contributed by atoms with Crippen LogP contribution in [0.4, 0.5) is 11.4 Å². The van der Waals surface area contributed by atoms with Gasteiger partial charge in [-0.05, 0) is 67.3 Å². The van der Waals surface area contributed by atoms with E-state index in [4.69, 9.17) is 4.74 Å². The van der Waals surface area contributed by atoms with Crippen LogP contribution in [0.2, 0.25) is 0 Å². The Kier molecular flexibility index (Phi) is 5.38. The third kappa shape index (κ3) is 3.78. The van der Waals surface area contributed by atoms with Gasteiger partial charge >= 0.3 is 0 Å². The van der Waals surface area contributed by atoms with Crippen LogP contribution in [0.1, 0.15) is 33.5 Å². The number of ether oxygens (including phenoxy) is 1. The molecule has 2 amide bonds. The van der Waals surface area contributed by atoms with Gasteiger partial charge in [0.25, 0.3) is 5.91 Å². The molecule has 0 aliphatic carbocycles. The standard InChI is InChI=1S/C21H24N2O3/c1-14-4-5-17(12-15(14)2)21(25)22-18-7-8-19-16(13-18)6-9-20(24)23(19)10-11-26-3/h4-5,7-8,12-13H,6,9-11H2,1-3H3,(H,22,25). The highest BCUT2D eigenvalue weighted by Crippen LogP contribution is 2.30. The van der Waals surface area contributed by atoms with Crippen LogP contribution >= 0.6 is 0 Å². The number of hydrogen-bond acceptors (Lipinski definition) is 3. The molecule has 3 rings (SSSR count). The lowest BCUT2D eigenvalue weighted by Gasteiger charge is -2.29. The van der Waals surface area contributed by atoms with E-state index in [-0.39, 0.29) is 11.8 Å². The number of rotatable bonds is 5. The van der Waals surface area contributed by atoms with E-state index in [1.54, 1.807) is 12.0 Å². The van der Waals surface area contributed by atoms with Crippen LogP contribution < -0.4 is 10.2 Å². The quantitative estimate of drug-likeness (QED) is 0.896. The molecule has 0 bridgehead atoms. The highest BCUT2D eigenvalue weighted by Gasteiger charge is 2.24. The molecule has 26 heavy (non-hydrogen) atoms. The van der Waals surface area contributed by atoms with Gasteiger partial charge in [-0.3, -0.25) is 9.59 Å². The molecule has 1 N–H and O–H groups in total. The minimum Gasteiger partial charge on any atom is -0.383 e. The van der Waals surface area contributed by atoms with Crippen LogP contribution in [0, 0.1) is 13.8 Å². The fourth-order valence-electron chi connectivity index (χ4n) is 3.15. The van der Waals surface area contributed by atoms with Gasteiger partial charge in [-0.2, -0.15) is 0 Å². The van der Waals surface area contributed by atoms with Gasteiger partial charge < -0.3 is 15.0 Å². The summed E-state index contributed by atoms with van der Waals surface area (Å²) < 4.78 is 5.10. The summed E-state index contributed by atoms with van der Waals surface area (Å²) >= 11 is 0. The monoisotopic (exact) mass is 352 g/mol. The largest absolute Gasteiger partial charge is 0.383 e. The lowest BCUT2D eigenvalue weighted by atomic mass is 10.00. The van der Waals surface area contributed by atoms with Crippen molar-refractivity contribution in [1.29, 1.82) is 0 Å². The summed E-state index contributed by atoms with van der Waals surface area (Å²) in [4.78, 5) is 26.4. The fraction of sp³-hybridized carbons (Fsp3) is 0.333. The van der Waals surface area contributed by atoms with Crippen molar-refractivity contribution in [1.82, 2.24) is 0 Å². The van der Waals surface area contributed by atoms with Crippen molar-refractivity contribution < 1.29 is 14.3 Å². The average Bonchev–Trinajstić information content (AvgIpc) is 2.63. The lowest BCUT2D eigenvalue weighted by molar-refractivity contribution is -0.119. The molecule has 0 fully saturated rings. The lowest BCUT2D eigenvalue weighted by Crippen LogP contribution is -2.37.